The minimum absolute atomic E-state index is 0.134. The molecule has 1 aliphatic heterocycles. The molecule has 0 atom stereocenters. The quantitative estimate of drug-likeness (QED) is 0.925. The van der Waals surface area contributed by atoms with Gasteiger partial charge in [0.15, 0.2) is 5.82 Å². The Kier molecular flexibility index (Phi) is 4.38. The van der Waals surface area contributed by atoms with E-state index in [9.17, 15) is 9.18 Å². The Labute approximate surface area is 146 Å². The Morgan fingerprint density at radius 1 is 1.32 bits per heavy atom. The summed E-state index contributed by atoms with van der Waals surface area (Å²) in [6.07, 6.45) is 6.90. The molecule has 2 aromatic rings. The Bertz CT molecular complexity index is 771. The monoisotopic (exact) mass is 343 g/mol. The molecule has 2 aromatic heterocycles. The van der Waals surface area contributed by atoms with Crippen LogP contribution in [0, 0.1) is 11.7 Å². The number of amides is 1. The summed E-state index contributed by atoms with van der Waals surface area (Å²) in [4.78, 5) is 17.8. The number of pyridine rings is 1. The Hall–Kier alpha value is -2.44. The fourth-order valence-electron chi connectivity index (χ4n) is 3.43. The number of carbonyl (C=O) groups is 1. The van der Waals surface area contributed by atoms with Gasteiger partial charge in [-0.3, -0.25) is 14.5 Å². The van der Waals surface area contributed by atoms with E-state index in [0.29, 0.717) is 18.8 Å². The molecule has 1 fully saturated rings. The number of carbonyl (C=O) groups excluding carboxylic acids is 1. The van der Waals surface area contributed by atoms with E-state index in [1.54, 1.807) is 12.3 Å². The van der Waals surface area contributed by atoms with Gasteiger partial charge in [0.2, 0.25) is 5.91 Å². The van der Waals surface area contributed by atoms with Crippen LogP contribution in [-0.2, 0) is 24.4 Å². The Morgan fingerprint density at radius 2 is 2.20 bits per heavy atom. The number of anilines is 1. The maximum absolute atomic E-state index is 14.0. The average Bonchev–Trinajstić information content (AvgIpc) is 2.83. The summed E-state index contributed by atoms with van der Waals surface area (Å²) in [5.41, 5.74) is 2.48. The molecule has 0 aromatic carbocycles. The summed E-state index contributed by atoms with van der Waals surface area (Å²) in [5.74, 6) is 0.0176. The number of nitrogens with one attached hydrogen (secondary N) is 1. The van der Waals surface area contributed by atoms with Crippen molar-refractivity contribution in [2.45, 2.75) is 45.3 Å². The highest BCUT2D eigenvalue weighted by Crippen LogP contribution is 2.26. The van der Waals surface area contributed by atoms with Gasteiger partial charge in [0.25, 0.3) is 0 Å². The number of aromatic nitrogens is 3. The van der Waals surface area contributed by atoms with Gasteiger partial charge in [-0.1, -0.05) is 6.42 Å². The van der Waals surface area contributed by atoms with Gasteiger partial charge in [-0.15, -0.1) is 0 Å². The topological polar surface area (TPSA) is 63.1 Å². The predicted octanol–water partition coefficient (Wildman–Crippen LogP) is 2.24. The lowest BCUT2D eigenvalue weighted by atomic mass is 9.85. The van der Waals surface area contributed by atoms with Crippen LogP contribution in [0.5, 0.6) is 0 Å². The standard InChI is InChI=1S/C18H22FN5O/c19-16-11-20-6-5-17(16)23-7-2-8-24-15(12-23)9-14(22-24)10-21-18(25)13-3-1-4-13/h5-6,9,11,13H,1-4,7-8,10,12H2,(H,21,25). The smallest absolute Gasteiger partial charge is 0.223 e. The van der Waals surface area contributed by atoms with Crippen LogP contribution in [0.25, 0.3) is 0 Å². The highest BCUT2D eigenvalue weighted by Gasteiger charge is 2.25. The molecule has 4 rings (SSSR count). The van der Waals surface area contributed by atoms with Crippen LogP contribution < -0.4 is 10.2 Å². The van der Waals surface area contributed by atoms with Crippen LogP contribution in [0.15, 0.2) is 24.5 Å². The molecule has 0 saturated heterocycles. The van der Waals surface area contributed by atoms with Crippen LogP contribution in [0.1, 0.15) is 37.1 Å². The van der Waals surface area contributed by atoms with Gasteiger partial charge in [-0.05, 0) is 31.4 Å². The Morgan fingerprint density at radius 3 is 2.96 bits per heavy atom. The van der Waals surface area contributed by atoms with E-state index in [1.165, 1.54) is 6.20 Å². The summed E-state index contributed by atoms with van der Waals surface area (Å²) in [5, 5.41) is 7.59. The van der Waals surface area contributed by atoms with Crippen molar-refractivity contribution < 1.29 is 9.18 Å². The van der Waals surface area contributed by atoms with Crippen molar-refractivity contribution in [3.8, 4) is 0 Å². The van der Waals surface area contributed by atoms with E-state index < -0.39 is 0 Å². The van der Waals surface area contributed by atoms with Crippen molar-refractivity contribution >= 4 is 11.6 Å². The fraction of sp³-hybridized carbons (Fsp3) is 0.500. The van der Waals surface area contributed by atoms with Crippen molar-refractivity contribution in [2.75, 3.05) is 11.4 Å². The summed E-state index contributed by atoms with van der Waals surface area (Å²) in [7, 11) is 0. The summed E-state index contributed by atoms with van der Waals surface area (Å²) in [6.45, 7) is 2.64. The van der Waals surface area contributed by atoms with Crippen molar-refractivity contribution in [3.63, 3.8) is 0 Å². The maximum Gasteiger partial charge on any atom is 0.223 e. The molecule has 0 radical (unpaired) electrons. The zero-order chi connectivity index (χ0) is 17.2. The second-order valence-corrected chi connectivity index (χ2v) is 6.80. The molecule has 0 bridgehead atoms. The number of fused-ring (bicyclic) bond motifs is 1. The van der Waals surface area contributed by atoms with Gasteiger partial charge in [-0.25, -0.2) is 4.39 Å². The van der Waals surface area contributed by atoms with E-state index in [-0.39, 0.29) is 17.6 Å². The second-order valence-electron chi connectivity index (χ2n) is 6.80. The van der Waals surface area contributed by atoms with Crippen molar-refractivity contribution in [1.82, 2.24) is 20.1 Å². The third-order valence-electron chi connectivity index (χ3n) is 5.08. The molecule has 2 aliphatic rings. The van der Waals surface area contributed by atoms with E-state index in [4.69, 9.17) is 0 Å². The lowest BCUT2D eigenvalue weighted by molar-refractivity contribution is -0.127. The van der Waals surface area contributed by atoms with Gasteiger partial charge < -0.3 is 10.2 Å². The number of nitrogens with zero attached hydrogens (tertiary/aromatic N) is 4. The van der Waals surface area contributed by atoms with Gasteiger partial charge in [-0.2, -0.15) is 5.10 Å². The number of halogens is 1. The molecule has 1 N–H and O–H groups in total. The number of rotatable bonds is 4. The third kappa shape index (κ3) is 3.36. The molecular formula is C18H22FN5O. The molecule has 1 saturated carbocycles. The zero-order valence-corrected chi connectivity index (χ0v) is 14.1. The molecule has 0 unspecified atom stereocenters. The normalized spacial score (nSPS) is 17.6. The van der Waals surface area contributed by atoms with E-state index >= 15 is 0 Å². The molecular weight excluding hydrogens is 321 g/mol. The van der Waals surface area contributed by atoms with Gasteiger partial charge >= 0.3 is 0 Å². The van der Waals surface area contributed by atoms with E-state index in [2.05, 4.69) is 15.4 Å². The number of aryl methyl sites for hydroxylation is 1. The highest BCUT2D eigenvalue weighted by molar-refractivity contribution is 5.79. The SMILES string of the molecule is O=C(NCc1cc2n(n1)CCCN(c1ccncc1F)C2)C1CCC1. The average molecular weight is 343 g/mol. The van der Waals surface area contributed by atoms with Crippen LogP contribution in [-0.4, -0.2) is 27.2 Å². The van der Waals surface area contributed by atoms with Gasteiger partial charge in [0.05, 0.1) is 36.4 Å². The largest absolute Gasteiger partial charge is 0.363 e. The van der Waals surface area contributed by atoms with Gasteiger partial charge in [0, 0.05) is 25.2 Å². The third-order valence-corrected chi connectivity index (χ3v) is 5.08. The number of hydrogen-bond donors (Lipinski definition) is 1. The fourth-order valence-corrected chi connectivity index (χ4v) is 3.43. The van der Waals surface area contributed by atoms with Crippen molar-refractivity contribution in [2.24, 2.45) is 5.92 Å². The van der Waals surface area contributed by atoms with Crippen LogP contribution >= 0.6 is 0 Å². The van der Waals surface area contributed by atoms with Crippen LogP contribution in [0.4, 0.5) is 10.1 Å². The summed E-state index contributed by atoms with van der Waals surface area (Å²) < 4.78 is 16.0. The molecule has 1 aliphatic carbocycles. The first-order valence-electron chi connectivity index (χ1n) is 8.88. The summed E-state index contributed by atoms with van der Waals surface area (Å²) in [6, 6.07) is 3.72. The molecule has 132 valence electrons. The Balaban J connectivity index is 1.45. The van der Waals surface area contributed by atoms with E-state index in [1.807, 2.05) is 15.6 Å². The van der Waals surface area contributed by atoms with Crippen LogP contribution in [0.3, 0.4) is 0 Å². The first kappa shape index (κ1) is 16.1. The maximum atomic E-state index is 14.0. The first-order valence-corrected chi connectivity index (χ1v) is 8.88. The molecule has 3 heterocycles. The minimum atomic E-state index is -0.302. The molecule has 25 heavy (non-hydrogen) atoms. The predicted molar refractivity (Wildman–Crippen MR) is 91.3 cm³/mol. The lowest BCUT2D eigenvalue weighted by Gasteiger charge is -2.23. The van der Waals surface area contributed by atoms with Crippen molar-refractivity contribution in [3.05, 3.63) is 41.7 Å². The van der Waals surface area contributed by atoms with Crippen molar-refractivity contribution in [1.29, 1.82) is 0 Å². The zero-order valence-electron chi connectivity index (χ0n) is 14.1. The molecule has 0 spiro atoms. The highest BCUT2D eigenvalue weighted by atomic mass is 19.1. The molecule has 6 nitrogen and oxygen atoms in total. The summed E-state index contributed by atoms with van der Waals surface area (Å²) >= 11 is 0. The first-order chi connectivity index (χ1) is 12.2. The number of hydrogen-bond acceptors (Lipinski definition) is 4. The molecule has 7 heteroatoms. The van der Waals surface area contributed by atoms with Gasteiger partial charge in [0.1, 0.15) is 0 Å². The molecule has 1 amide bonds. The lowest BCUT2D eigenvalue weighted by Crippen LogP contribution is -2.34. The minimum Gasteiger partial charge on any atom is -0.363 e. The van der Waals surface area contributed by atoms with Crippen LogP contribution in [0.2, 0.25) is 0 Å². The van der Waals surface area contributed by atoms with E-state index in [0.717, 1.165) is 50.2 Å². The second kappa shape index (κ2) is 6.82.